The second-order valence-corrected chi connectivity index (χ2v) is 24.5. The fourth-order valence-electron chi connectivity index (χ4n) is 11.5. The van der Waals surface area contributed by atoms with Gasteiger partial charge in [0.05, 0.1) is 43.0 Å². The number of hydrogen-bond acceptors (Lipinski definition) is 17. The normalized spacial score (nSPS) is 15.6. The number of likely N-dealkylation sites (tertiary alicyclic amines) is 2. The summed E-state index contributed by atoms with van der Waals surface area (Å²) in [5.74, 6) is 2.33. The molecule has 0 radical (unpaired) electrons. The number of aliphatic hydroxyl groups excluding tert-OH is 1. The number of methoxy groups -OCH3 is 2. The predicted molar refractivity (Wildman–Crippen MR) is 333 cm³/mol. The van der Waals surface area contributed by atoms with Crippen LogP contribution in [0, 0.1) is 0 Å². The first-order valence-corrected chi connectivity index (χ1v) is 30.3. The molecule has 0 aliphatic carbocycles. The van der Waals surface area contributed by atoms with Crippen molar-refractivity contribution in [1.29, 1.82) is 0 Å². The molecular formula is C66H83N7O16. The minimum Gasteiger partial charge on any atom is -0.497 e. The van der Waals surface area contributed by atoms with E-state index in [1.165, 1.54) is 19.2 Å². The number of hydrogen-bond donors (Lipinski definition) is 3. The number of rotatable bonds is 18. The summed E-state index contributed by atoms with van der Waals surface area (Å²) in [6, 6.07) is 24.4. The lowest BCUT2D eigenvalue weighted by Gasteiger charge is -2.39. The van der Waals surface area contributed by atoms with Crippen LogP contribution in [0.2, 0.25) is 0 Å². The van der Waals surface area contributed by atoms with E-state index in [1.54, 1.807) is 52.6 Å². The van der Waals surface area contributed by atoms with Gasteiger partial charge < -0.3 is 82.2 Å². The summed E-state index contributed by atoms with van der Waals surface area (Å²) in [7, 11) is 3.09. The Balaban J connectivity index is 0.000000212. The summed E-state index contributed by atoms with van der Waals surface area (Å²) in [6.07, 6.45) is 2.27. The average molecular weight is 1230 g/mol. The van der Waals surface area contributed by atoms with Crippen LogP contribution in [-0.2, 0) is 35.7 Å². The number of carboxylic acids is 1. The fourth-order valence-corrected chi connectivity index (χ4v) is 11.5. The number of piperidine rings is 2. The first kappa shape index (κ1) is 64.9. The Morgan fingerprint density at radius 1 is 0.551 bits per heavy atom. The molecule has 0 atom stereocenters. The van der Waals surface area contributed by atoms with E-state index >= 15 is 0 Å². The number of aliphatic hydroxyl groups is 1. The number of nitrogens with one attached hydrogen (secondary N) is 1. The maximum Gasteiger partial charge on any atom is 0.410 e. The molecule has 0 spiro atoms. The van der Waals surface area contributed by atoms with Gasteiger partial charge in [-0.05, 0) is 127 Å². The van der Waals surface area contributed by atoms with Gasteiger partial charge in [-0.2, -0.15) is 0 Å². The predicted octanol–water partition coefficient (Wildman–Crippen LogP) is 7.79. The number of pyridine rings is 2. The zero-order valence-corrected chi connectivity index (χ0v) is 52.2. The van der Waals surface area contributed by atoms with Crippen LogP contribution in [0.4, 0.5) is 9.59 Å². The lowest BCUT2D eigenvalue weighted by molar-refractivity contribution is 0.00468. The number of nitrogens with zero attached hydrogens (tertiary/aromatic N) is 6. The largest absolute Gasteiger partial charge is 0.497 e. The van der Waals surface area contributed by atoms with Crippen molar-refractivity contribution < 1.29 is 67.3 Å². The molecule has 89 heavy (non-hydrogen) atoms. The standard InChI is InChI=1S/C34H44N4O8.C32H39N3O8/c1-34(2,3)46-33(42)38(22-23-5-8-29-30(19-23)45-18-17-44-29)24-9-12-36(13-10-24)14-15-37-28-20-25(43-4)6-7-26(28)27(21-31(37)40)32(41)35-11-16-39;1-32(2,3)43-31(39)35(20-21-5-8-27-28(17-21)42-16-15-41-27)22-9-11-33(12-10-22)13-14-34-26-18-23(40-4)6-7-24(26)25(30(37)38)19-29(34)36/h5-8,19-21,24,39H,9-18,22H2,1-4H3,(H,35,41);5-8,17-19,22H,9-16,20H2,1-4H3,(H,37,38). The number of carbonyl (C=O) groups excluding carboxylic acids is 3. The molecule has 2 aromatic heterocycles. The highest BCUT2D eigenvalue weighted by Gasteiger charge is 2.34. The van der Waals surface area contributed by atoms with Crippen LogP contribution in [0.3, 0.4) is 0 Å². The van der Waals surface area contributed by atoms with Crippen LogP contribution in [0.15, 0.2) is 94.5 Å². The maximum absolute atomic E-state index is 13.4. The highest BCUT2D eigenvalue weighted by Crippen LogP contribution is 2.35. The minimum absolute atomic E-state index is 0.0242. The third kappa shape index (κ3) is 16.6. The average Bonchev–Trinajstić information content (AvgIpc) is 1.10. The van der Waals surface area contributed by atoms with Crippen LogP contribution < -0.4 is 44.9 Å². The molecule has 4 aromatic carbocycles. The van der Waals surface area contributed by atoms with Crippen molar-refractivity contribution in [2.75, 3.05) is 93.1 Å². The molecule has 3 N–H and O–H groups in total. The number of carbonyl (C=O) groups is 4. The Hall–Kier alpha value is -8.54. The Morgan fingerprint density at radius 3 is 1.35 bits per heavy atom. The van der Waals surface area contributed by atoms with Crippen molar-refractivity contribution in [3.63, 3.8) is 0 Å². The van der Waals surface area contributed by atoms with Crippen molar-refractivity contribution in [1.82, 2.24) is 34.1 Å². The summed E-state index contributed by atoms with van der Waals surface area (Å²) in [4.78, 5) is 85.8. The molecule has 23 nitrogen and oxygen atoms in total. The van der Waals surface area contributed by atoms with E-state index < -0.39 is 23.1 Å². The first-order chi connectivity index (χ1) is 42.6. The Bertz CT molecular complexity index is 3630. The molecule has 478 valence electrons. The van der Waals surface area contributed by atoms with Gasteiger partial charge >= 0.3 is 18.2 Å². The van der Waals surface area contributed by atoms with Crippen molar-refractivity contribution in [2.24, 2.45) is 0 Å². The van der Waals surface area contributed by atoms with E-state index in [1.807, 2.05) is 87.7 Å². The molecule has 23 heteroatoms. The van der Waals surface area contributed by atoms with Gasteiger partial charge in [0.2, 0.25) is 0 Å². The molecule has 10 rings (SSSR count). The molecule has 6 heterocycles. The second-order valence-electron chi connectivity index (χ2n) is 24.5. The Kier molecular flexibility index (Phi) is 21.0. The monoisotopic (exact) mass is 1230 g/mol. The molecule has 6 aromatic rings. The number of ether oxygens (including phenoxy) is 8. The van der Waals surface area contributed by atoms with Crippen molar-refractivity contribution in [2.45, 2.75) is 117 Å². The zero-order valence-electron chi connectivity index (χ0n) is 52.2. The fraction of sp³-hybridized carbons (Fsp3) is 0.485. The molecule has 0 saturated carbocycles. The highest BCUT2D eigenvalue weighted by molar-refractivity contribution is 6.06. The number of carboxylic acid groups (broad SMARTS) is 1. The summed E-state index contributed by atoms with van der Waals surface area (Å²) >= 11 is 0. The van der Waals surface area contributed by atoms with Gasteiger partial charge in [-0.3, -0.25) is 14.4 Å². The van der Waals surface area contributed by atoms with Crippen molar-refractivity contribution in [3.8, 4) is 34.5 Å². The molecule has 2 fully saturated rings. The smallest absolute Gasteiger partial charge is 0.410 e. The van der Waals surface area contributed by atoms with Gasteiger partial charge in [0, 0.05) is 119 Å². The highest BCUT2D eigenvalue weighted by atomic mass is 16.6. The molecular weight excluding hydrogens is 1150 g/mol. The zero-order chi connectivity index (χ0) is 63.6. The second kappa shape index (κ2) is 28.7. The van der Waals surface area contributed by atoms with Crippen molar-refractivity contribution >= 4 is 45.9 Å². The lowest BCUT2D eigenvalue weighted by Crippen LogP contribution is -2.49. The summed E-state index contributed by atoms with van der Waals surface area (Å²) < 4.78 is 48.5. The van der Waals surface area contributed by atoms with Crippen LogP contribution in [0.25, 0.3) is 21.8 Å². The summed E-state index contributed by atoms with van der Waals surface area (Å²) in [6.45, 7) is 18.8. The van der Waals surface area contributed by atoms with Crippen LogP contribution in [0.5, 0.6) is 34.5 Å². The molecule has 0 unspecified atom stereocenters. The molecule has 0 bridgehead atoms. The number of fused-ring (bicyclic) bond motifs is 4. The van der Waals surface area contributed by atoms with Gasteiger partial charge in [0.15, 0.2) is 23.0 Å². The van der Waals surface area contributed by atoms with E-state index in [0.29, 0.717) is 122 Å². The number of benzene rings is 4. The number of aromatic nitrogens is 2. The van der Waals surface area contributed by atoms with Gasteiger partial charge in [0.25, 0.3) is 17.0 Å². The molecule has 4 aliphatic rings. The Labute approximate surface area is 517 Å². The van der Waals surface area contributed by atoms with Crippen molar-refractivity contribution in [3.05, 3.63) is 128 Å². The quantitative estimate of drug-likeness (QED) is 0.0742. The van der Waals surface area contributed by atoms with E-state index in [-0.39, 0.29) is 59.7 Å². The SMILES string of the molecule is COc1ccc2c(C(=O)NCCO)cc(=O)n(CCN3CCC(N(Cc4ccc5c(c4)OCCO5)C(=O)OC(C)(C)C)CC3)c2c1.COc1ccc2c(C(=O)O)cc(=O)n(CCN3CCC(N(Cc4ccc5c(c4)OCCO5)C(=O)OC(C)(C)C)CC3)c2c1. The number of amides is 3. The maximum atomic E-state index is 13.4. The third-order valence-electron chi connectivity index (χ3n) is 16.0. The minimum atomic E-state index is -1.15. The van der Waals surface area contributed by atoms with E-state index in [4.69, 9.17) is 43.0 Å². The molecule has 2 saturated heterocycles. The van der Waals surface area contributed by atoms with Gasteiger partial charge in [-0.25, -0.2) is 14.4 Å². The lowest BCUT2D eigenvalue weighted by atomic mass is 10.0. The van der Waals surface area contributed by atoms with Crippen LogP contribution in [0.1, 0.15) is 99.1 Å². The van der Waals surface area contributed by atoms with E-state index in [0.717, 1.165) is 63.0 Å². The van der Waals surface area contributed by atoms with Crippen LogP contribution >= 0.6 is 0 Å². The number of aromatic carboxylic acids is 1. The van der Waals surface area contributed by atoms with E-state index in [9.17, 15) is 33.9 Å². The Morgan fingerprint density at radius 2 is 0.955 bits per heavy atom. The topological polar surface area (TPSA) is 252 Å². The third-order valence-corrected chi connectivity index (χ3v) is 16.0. The summed E-state index contributed by atoms with van der Waals surface area (Å²) in [5.41, 5.74) is 1.31. The molecule has 4 aliphatic heterocycles. The first-order valence-electron chi connectivity index (χ1n) is 30.3. The van der Waals surface area contributed by atoms with Crippen LogP contribution in [-0.4, -0.2) is 179 Å². The van der Waals surface area contributed by atoms with E-state index in [2.05, 4.69) is 15.1 Å². The van der Waals surface area contributed by atoms with Gasteiger partial charge in [-0.1, -0.05) is 12.1 Å². The molecule has 3 amide bonds. The van der Waals surface area contributed by atoms with Gasteiger partial charge in [0.1, 0.15) is 49.1 Å². The summed E-state index contributed by atoms with van der Waals surface area (Å²) in [5, 5.41) is 22.5. The van der Waals surface area contributed by atoms with Gasteiger partial charge in [-0.15, -0.1) is 0 Å².